The molecule has 2 amide bonds. The summed E-state index contributed by atoms with van der Waals surface area (Å²) >= 11 is 1.29. The molecule has 3 aliphatic heterocycles. The van der Waals surface area contributed by atoms with Crippen molar-refractivity contribution in [1.29, 1.82) is 0 Å². The molecule has 1 aromatic carbocycles. The van der Waals surface area contributed by atoms with Gasteiger partial charge in [0, 0.05) is 49.2 Å². The number of amides is 2. The molecule has 0 unspecified atom stereocenters. The smallest absolute Gasteiger partial charge is 0.257 e. The molecule has 1 N–H and O–H groups in total. The van der Waals surface area contributed by atoms with Crippen molar-refractivity contribution in [1.82, 2.24) is 15.1 Å². The number of fused-ring (bicyclic) bond motifs is 3. The SMILES string of the molecule is CC(C)NC(=O)CN1CCN(C(=O)c2ccc3c(c2)SC2=NS(=O)(=O)CCN23)CC1. The van der Waals surface area contributed by atoms with Crippen LogP contribution in [0.2, 0.25) is 0 Å². The highest BCUT2D eigenvalue weighted by Crippen LogP contribution is 2.42. The molecule has 30 heavy (non-hydrogen) atoms. The number of carbonyl (C=O) groups excluding carboxylic acids is 2. The molecule has 0 saturated carbocycles. The standard InChI is InChI=1S/C19H25N5O4S2/c1-13(2)20-17(25)12-22-5-7-23(8-6-22)18(26)14-3-4-15-16(11-14)29-19-21-30(27,28)10-9-24(15)19/h3-4,11,13H,5-10,12H2,1-2H3,(H,20,25). The van der Waals surface area contributed by atoms with Gasteiger partial charge in [-0.05, 0) is 43.8 Å². The molecule has 0 radical (unpaired) electrons. The third kappa shape index (κ3) is 4.47. The van der Waals surface area contributed by atoms with Gasteiger partial charge >= 0.3 is 0 Å². The van der Waals surface area contributed by atoms with E-state index >= 15 is 0 Å². The monoisotopic (exact) mass is 451 g/mol. The van der Waals surface area contributed by atoms with E-state index in [4.69, 9.17) is 0 Å². The Balaban J connectivity index is 1.39. The van der Waals surface area contributed by atoms with E-state index in [1.165, 1.54) is 11.8 Å². The molecule has 0 aliphatic carbocycles. The van der Waals surface area contributed by atoms with Crippen molar-refractivity contribution < 1.29 is 18.0 Å². The summed E-state index contributed by atoms with van der Waals surface area (Å²) < 4.78 is 27.4. The summed E-state index contributed by atoms with van der Waals surface area (Å²) in [7, 11) is -3.40. The van der Waals surface area contributed by atoms with Gasteiger partial charge in [-0.25, -0.2) is 8.42 Å². The summed E-state index contributed by atoms with van der Waals surface area (Å²) in [6, 6.07) is 5.58. The Labute approximate surface area is 180 Å². The average molecular weight is 452 g/mol. The number of piperazine rings is 1. The van der Waals surface area contributed by atoms with Crippen molar-refractivity contribution >= 4 is 44.5 Å². The van der Waals surface area contributed by atoms with Crippen LogP contribution >= 0.6 is 11.8 Å². The molecular weight excluding hydrogens is 426 g/mol. The maximum absolute atomic E-state index is 13.0. The maximum Gasteiger partial charge on any atom is 0.257 e. The van der Waals surface area contributed by atoms with Gasteiger partial charge in [-0.2, -0.15) is 0 Å². The molecule has 9 nitrogen and oxygen atoms in total. The number of hydrogen-bond donors (Lipinski definition) is 1. The van der Waals surface area contributed by atoms with Gasteiger partial charge in [0.15, 0.2) is 5.17 Å². The van der Waals surface area contributed by atoms with Crippen LogP contribution in [0.25, 0.3) is 0 Å². The fourth-order valence-electron chi connectivity index (χ4n) is 3.73. The van der Waals surface area contributed by atoms with Crippen molar-refractivity contribution in [3.05, 3.63) is 23.8 Å². The third-order valence-electron chi connectivity index (χ3n) is 5.20. The molecular formula is C19H25N5O4S2. The Morgan fingerprint density at radius 2 is 1.90 bits per heavy atom. The number of benzene rings is 1. The van der Waals surface area contributed by atoms with Crippen molar-refractivity contribution in [2.45, 2.75) is 24.8 Å². The van der Waals surface area contributed by atoms with Gasteiger partial charge in [0.1, 0.15) is 0 Å². The van der Waals surface area contributed by atoms with Crippen LogP contribution in [0.4, 0.5) is 5.69 Å². The molecule has 0 aromatic heterocycles. The molecule has 11 heteroatoms. The minimum atomic E-state index is -3.40. The van der Waals surface area contributed by atoms with E-state index in [1.54, 1.807) is 11.0 Å². The summed E-state index contributed by atoms with van der Waals surface area (Å²) in [5.74, 6) is -0.0534. The second-order valence-electron chi connectivity index (χ2n) is 7.89. The summed E-state index contributed by atoms with van der Waals surface area (Å²) in [6.45, 7) is 7.02. The fourth-order valence-corrected chi connectivity index (χ4v) is 6.02. The lowest BCUT2D eigenvalue weighted by Gasteiger charge is -2.34. The van der Waals surface area contributed by atoms with E-state index < -0.39 is 10.0 Å². The number of nitrogens with one attached hydrogen (secondary N) is 1. The van der Waals surface area contributed by atoms with Crippen LogP contribution in [0.5, 0.6) is 0 Å². The second kappa shape index (κ2) is 8.20. The van der Waals surface area contributed by atoms with Gasteiger partial charge in [0.25, 0.3) is 15.9 Å². The van der Waals surface area contributed by atoms with Crippen molar-refractivity contribution in [2.75, 3.05) is 49.9 Å². The van der Waals surface area contributed by atoms with Crippen molar-refractivity contribution in [2.24, 2.45) is 4.40 Å². The first kappa shape index (κ1) is 21.1. The minimum Gasteiger partial charge on any atom is -0.353 e. The molecule has 0 atom stereocenters. The van der Waals surface area contributed by atoms with E-state index in [2.05, 4.69) is 14.6 Å². The summed E-state index contributed by atoms with van der Waals surface area (Å²) in [4.78, 5) is 31.5. The molecule has 1 saturated heterocycles. The minimum absolute atomic E-state index is 0.00168. The number of amidine groups is 1. The van der Waals surface area contributed by atoms with Crippen LogP contribution < -0.4 is 10.2 Å². The number of carbonyl (C=O) groups is 2. The topological polar surface area (TPSA) is 102 Å². The molecule has 0 spiro atoms. The Bertz CT molecular complexity index is 1000. The van der Waals surface area contributed by atoms with Gasteiger partial charge in [0.2, 0.25) is 5.91 Å². The molecule has 3 aliphatic rings. The Hall–Kier alpha value is -2.11. The molecule has 162 valence electrons. The van der Waals surface area contributed by atoms with Gasteiger partial charge in [-0.15, -0.1) is 4.40 Å². The zero-order valence-electron chi connectivity index (χ0n) is 17.0. The van der Waals surface area contributed by atoms with E-state index in [-0.39, 0.29) is 23.6 Å². The molecule has 1 fully saturated rings. The normalized spacial score (nSPS) is 20.6. The largest absolute Gasteiger partial charge is 0.353 e. The van der Waals surface area contributed by atoms with E-state index in [1.807, 2.05) is 30.9 Å². The Morgan fingerprint density at radius 3 is 2.60 bits per heavy atom. The molecule has 4 rings (SSSR count). The van der Waals surface area contributed by atoms with Crippen LogP contribution in [0, 0.1) is 0 Å². The highest BCUT2D eigenvalue weighted by Gasteiger charge is 2.34. The van der Waals surface area contributed by atoms with E-state index in [0.29, 0.717) is 50.0 Å². The number of thioether (sulfide) groups is 1. The summed E-state index contributed by atoms with van der Waals surface area (Å²) in [5.41, 5.74) is 1.47. The lowest BCUT2D eigenvalue weighted by atomic mass is 10.1. The summed E-state index contributed by atoms with van der Waals surface area (Å²) in [5, 5.41) is 3.34. The lowest BCUT2D eigenvalue weighted by molar-refractivity contribution is -0.123. The first-order valence-corrected chi connectivity index (χ1v) is 12.4. The summed E-state index contributed by atoms with van der Waals surface area (Å²) in [6.07, 6.45) is 0. The zero-order chi connectivity index (χ0) is 21.5. The predicted octanol–water partition coefficient (Wildman–Crippen LogP) is 0.581. The van der Waals surface area contributed by atoms with Gasteiger partial charge in [-0.3, -0.25) is 14.5 Å². The molecule has 3 heterocycles. The quantitative estimate of drug-likeness (QED) is 0.714. The van der Waals surface area contributed by atoms with Crippen LogP contribution in [0.3, 0.4) is 0 Å². The fraction of sp³-hybridized carbons (Fsp3) is 0.526. The number of rotatable bonds is 4. The number of sulfonamides is 1. The average Bonchev–Trinajstić information content (AvgIpc) is 3.02. The van der Waals surface area contributed by atoms with Crippen LogP contribution in [-0.4, -0.2) is 86.3 Å². The van der Waals surface area contributed by atoms with Crippen LogP contribution in [0.15, 0.2) is 27.5 Å². The predicted molar refractivity (Wildman–Crippen MR) is 116 cm³/mol. The first-order chi connectivity index (χ1) is 14.2. The van der Waals surface area contributed by atoms with Crippen LogP contribution in [0.1, 0.15) is 24.2 Å². The van der Waals surface area contributed by atoms with E-state index in [9.17, 15) is 18.0 Å². The third-order valence-corrected chi connectivity index (χ3v) is 7.50. The highest BCUT2D eigenvalue weighted by atomic mass is 32.2. The van der Waals surface area contributed by atoms with Crippen molar-refractivity contribution in [3.63, 3.8) is 0 Å². The van der Waals surface area contributed by atoms with Gasteiger partial charge < -0.3 is 15.1 Å². The maximum atomic E-state index is 13.0. The highest BCUT2D eigenvalue weighted by molar-refractivity contribution is 8.15. The second-order valence-corrected chi connectivity index (χ2v) is 10.7. The van der Waals surface area contributed by atoms with Gasteiger partial charge in [-0.1, -0.05) is 0 Å². The molecule has 0 bridgehead atoms. The first-order valence-electron chi connectivity index (χ1n) is 9.95. The number of anilines is 1. The van der Waals surface area contributed by atoms with Crippen LogP contribution in [-0.2, 0) is 14.8 Å². The zero-order valence-corrected chi connectivity index (χ0v) is 18.6. The Morgan fingerprint density at radius 1 is 1.17 bits per heavy atom. The molecule has 1 aromatic rings. The van der Waals surface area contributed by atoms with Crippen molar-refractivity contribution in [3.8, 4) is 0 Å². The lowest BCUT2D eigenvalue weighted by Crippen LogP contribution is -2.51. The van der Waals surface area contributed by atoms with Gasteiger partial charge in [0.05, 0.1) is 18.0 Å². The number of hydrogen-bond acceptors (Lipinski definition) is 7. The van der Waals surface area contributed by atoms with E-state index in [0.717, 1.165) is 10.6 Å². The Kier molecular flexibility index (Phi) is 5.78. The number of nitrogens with zero attached hydrogens (tertiary/aromatic N) is 4.